The van der Waals surface area contributed by atoms with Crippen LogP contribution in [0.3, 0.4) is 0 Å². The van der Waals surface area contributed by atoms with Crippen molar-refractivity contribution in [1.29, 1.82) is 0 Å². The number of anilines is 1. The first kappa shape index (κ1) is 22.4. The van der Waals surface area contributed by atoms with Crippen molar-refractivity contribution in [3.63, 3.8) is 0 Å². The molecule has 7 heteroatoms. The van der Waals surface area contributed by atoms with E-state index in [9.17, 15) is 9.90 Å². The highest BCUT2D eigenvalue weighted by Crippen LogP contribution is 2.30. The number of hydrogen-bond donors (Lipinski definition) is 1. The second-order valence-electron chi connectivity index (χ2n) is 7.67. The quantitative estimate of drug-likeness (QED) is 0.647. The average Bonchev–Trinajstić information content (AvgIpc) is 2.75. The predicted molar refractivity (Wildman–Crippen MR) is 122 cm³/mol. The van der Waals surface area contributed by atoms with E-state index in [1.165, 1.54) is 0 Å². The molecule has 0 heterocycles. The number of methoxy groups -OCH3 is 1. The Balaban J connectivity index is 1.72. The Morgan fingerprint density at radius 3 is 2.47 bits per heavy atom. The van der Waals surface area contributed by atoms with Crippen LogP contribution in [0, 0.1) is 11.8 Å². The molecule has 2 aromatic carbocycles. The van der Waals surface area contributed by atoms with Gasteiger partial charge in [0.1, 0.15) is 5.75 Å². The molecule has 1 aliphatic rings. The number of thiocarbonyl (C=S) groups is 1. The fourth-order valence-corrected chi connectivity index (χ4v) is 4.24. The maximum Gasteiger partial charge on any atom is 0.173 e. The van der Waals surface area contributed by atoms with E-state index in [1.807, 2.05) is 48.5 Å². The minimum atomic E-state index is -0.931. The number of nitrogens with zero attached hydrogens (tertiary/aromatic N) is 1. The first-order valence-electron chi connectivity index (χ1n) is 10.1. The van der Waals surface area contributed by atoms with Gasteiger partial charge in [0.05, 0.1) is 12.8 Å². The molecule has 5 nitrogen and oxygen atoms in total. The number of ether oxygens (including phenoxy) is 1. The molecule has 0 bridgehead atoms. The van der Waals surface area contributed by atoms with Crippen LogP contribution in [-0.2, 0) is 11.3 Å². The number of carbonyl (C=O) groups is 1. The summed E-state index contributed by atoms with van der Waals surface area (Å²) in [7, 11) is 1.63. The third kappa shape index (κ3) is 6.09. The molecule has 30 heavy (non-hydrogen) atoms. The summed E-state index contributed by atoms with van der Waals surface area (Å²) in [6.45, 7) is 1.39. The van der Waals surface area contributed by atoms with Gasteiger partial charge in [-0.25, -0.2) is 0 Å². The highest BCUT2D eigenvalue weighted by molar-refractivity contribution is 7.80. The summed E-state index contributed by atoms with van der Waals surface area (Å²) in [6, 6.07) is 15.4. The Morgan fingerprint density at radius 2 is 1.83 bits per heavy atom. The van der Waals surface area contributed by atoms with Crippen molar-refractivity contribution in [3.05, 3.63) is 59.1 Å². The largest absolute Gasteiger partial charge is 0.550 e. The molecule has 1 saturated carbocycles. The smallest absolute Gasteiger partial charge is 0.173 e. The number of aliphatic carboxylic acids is 1. The van der Waals surface area contributed by atoms with Gasteiger partial charge in [0, 0.05) is 24.1 Å². The van der Waals surface area contributed by atoms with Gasteiger partial charge in [0.15, 0.2) is 5.11 Å². The second-order valence-corrected chi connectivity index (χ2v) is 8.50. The molecule has 0 unspecified atom stereocenters. The fourth-order valence-electron chi connectivity index (χ4n) is 3.86. The van der Waals surface area contributed by atoms with Gasteiger partial charge in [-0.3, -0.25) is 0 Å². The molecule has 160 valence electrons. The summed E-state index contributed by atoms with van der Waals surface area (Å²) >= 11 is 11.8. The molecular formula is C23H26ClN2O3S-. The highest BCUT2D eigenvalue weighted by atomic mass is 35.5. The van der Waals surface area contributed by atoms with Gasteiger partial charge >= 0.3 is 0 Å². The van der Waals surface area contributed by atoms with Gasteiger partial charge in [-0.2, -0.15) is 0 Å². The monoisotopic (exact) mass is 445 g/mol. The van der Waals surface area contributed by atoms with E-state index < -0.39 is 5.97 Å². The van der Waals surface area contributed by atoms with E-state index in [2.05, 4.69) is 10.2 Å². The molecule has 0 saturated heterocycles. The molecule has 0 aliphatic heterocycles. The van der Waals surface area contributed by atoms with Crippen molar-refractivity contribution in [3.8, 4) is 5.75 Å². The Bertz CT molecular complexity index is 867. The number of benzene rings is 2. The van der Waals surface area contributed by atoms with Crippen molar-refractivity contribution in [2.75, 3.05) is 19.0 Å². The molecule has 1 N–H and O–H groups in total. The van der Waals surface area contributed by atoms with E-state index >= 15 is 0 Å². The van der Waals surface area contributed by atoms with Crippen LogP contribution in [0.1, 0.15) is 31.2 Å². The van der Waals surface area contributed by atoms with Crippen molar-refractivity contribution in [2.24, 2.45) is 11.8 Å². The molecule has 3 rings (SSSR count). The maximum atomic E-state index is 11.1. The van der Waals surface area contributed by atoms with Crippen LogP contribution in [0.15, 0.2) is 48.5 Å². The second kappa shape index (κ2) is 10.6. The molecule has 2 aromatic rings. The number of carboxylic acid groups (broad SMARTS) is 1. The third-order valence-electron chi connectivity index (χ3n) is 5.58. The van der Waals surface area contributed by atoms with E-state index in [4.69, 9.17) is 28.6 Å². The lowest BCUT2D eigenvalue weighted by atomic mass is 9.82. The van der Waals surface area contributed by atoms with Crippen LogP contribution in [0.25, 0.3) is 0 Å². The normalized spacial score (nSPS) is 18.5. The lowest BCUT2D eigenvalue weighted by molar-refractivity contribution is -0.312. The number of carbonyl (C=O) groups excluding carboxylic acids is 1. The van der Waals surface area contributed by atoms with Gasteiger partial charge in [-0.05, 0) is 79.6 Å². The number of para-hydroxylation sites is 2. The molecule has 0 atom stereocenters. The zero-order valence-corrected chi connectivity index (χ0v) is 18.5. The highest BCUT2D eigenvalue weighted by Gasteiger charge is 2.25. The number of nitrogens with one attached hydrogen (secondary N) is 1. The van der Waals surface area contributed by atoms with E-state index in [0.717, 1.165) is 36.4 Å². The molecule has 0 radical (unpaired) electrons. The molecule has 1 fully saturated rings. The summed E-state index contributed by atoms with van der Waals surface area (Å²) in [5.41, 5.74) is 1.92. The Morgan fingerprint density at radius 1 is 1.17 bits per heavy atom. The Labute approximate surface area is 188 Å². The summed E-state index contributed by atoms with van der Waals surface area (Å²) in [6.07, 6.45) is 3.03. The molecule has 0 aromatic heterocycles. The summed E-state index contributed by atoms with van der Waals surface area (Å²) in [4.78, 5) is 13.3. The van der Waals surface area contributed by atoms with E-state index in [0.29, 0.717) is 35.4 Å². The first-order valence-corrected chi connectivity index (χ1v) is 10.9. The minimum Gasteiger partial charge on any atom is -0.550 e. The topological polar surface area (TPSA) is 64.6 Å². The summed E-state index contributed by atoms with van der Waals surface area (Å²) in [5, 5.41) is 15.8. The molecule has 1 aliphatic carbocycles. The first-order chi connectivity index (χ1) is 14.5. The fraction of sp³-hybridized carbons (Fsp3) is 0.391. The average molecular weight is 446 g/mol. The van der Waals surface area contributed by atoms with Crippen molar-refractivity contribution in [1.82, 2.24) is 4.90 Å². The van der Waals surface area contributed by atoms with Gasteiger partial charge in [-0.1, -0.05) is 35.9 Å². The Kier molecular flexibility index (Phi) is 7.94. The zero-order valence-electron chi connectivity index (χ0n) is 17.0. The SMILES string of the molecule is COc1ccccc1NC(=S)N(Cc1ccc(Cl)cc1)CC1CCC(C(=O)[O-])CC1. The maximum absolute atomic E-state index is 11.1. The van der Waals surface area contributed by atoms with Gasteiger partial charge in [0.2, 0.25) is 0 Å². The summed E-state index contributed by atoms with van der Waals surface area (Å²) < 4.78 is 5.42. The van der Waals surface area contributed by atoms with Crippen LogP contribution in [0.5, 0.6) is 5.75 Å². The van der Waals surface area contributed by atoms with Crippen LogP contribution in [-0.4, -0.2) is 29.6 Å². The van der Waals surface area contributed by atoms with Crippen LogP contribution >= 0.6 is 23.8 Å². The van der Waals surface area contributed by atoms with Gasteiger partial charge < -0.3 is 24.9 Å². The lowest BCUT2D eigenvalue weighted by Gasteiger charge is -2.34. The lowest BCUT2D eigenvalue weighted by Crippen LogP contribution is -2.40. The van der Waals surface area contributed by atoms with Crippen LogP contribution < -0.4 is 15.2 Å². The van der Waals surface area contributed by atoms with Crippen molar-refractivity contribution in [2.45, 2.75) is 32.2 Å². The standard InChI is InChI=1S/C23H27ClN2O3S/c1-29-21-5-3-2-4-20(21)25-23(30)26(15-17-8-12-19(24)13-9-17)14-16-6-10-18(11-7-16)22(27)28/h2-5,8-9,12-13,16,18H,6-7,10-11,14-15H2,1H3,(H,25,30)(H,27,28)/p-1. The van der Waals surface area contributed by atoms with Gasteiger partial charge in [0.25, 0.3) is 0 Å². The van der Waals surface area contributed by atoms with Crippen LogP contribution in [0.4, 0.5) is 5.69 Å². The number of hydrogen-bond acceptors (Lipinski definition) is 4. The minimum absolute atomic E-state index is 0.329. The number of carboxylic acids is 1. The zero-order chi connectivity index (χ0) is 21.5. The predicted octanol–water partition coefficient (Wildman–Crippen LogP) is 4.10. The van der Waals surface area contributed by atoms with E-state index in [-0.39, 0.29) is 5.92 Å². The Hall–Kier alpha value is -2.31. The van der Waals surface area contributed by atoms with E-state index in [1.54, 1.807) is 7.11 Å². The molecular weight excluding hydrogens is 420 g/mol. The number of rotatable bonds is 7. The van der Waals surface area contributed by atoms with Crippen LogP contribution in [0.2, 0.25) is 5.02 Å². The molecule has 0 spiro atoms. The van der Waals surface area contributed by atoms with Gasteiger partial charge in [-0.15, -0.1) is 0 Å². The third-order valence-corrected chi connectivity index (χ3v) is 6.19. The van der Waals surface area contributed by atoms with Crippen molar-refractivity contribution < 1.29 is 14.6 Å². The summed E-state index contributed by atoms with van der Waals surface area (Å²) in [5.74, 6) is -0.157. The van der Waals surface area contributed by atoms with Crippen molar-refractivity contribution >= 4 is 40.6 Å². The molecule has 0 amide bonds. The number of halogens is 1.